The molecule has 4 N–H and O–H groups in total. The molecule has 2 nitrogen and oxygen atoms in total. The highest BCUT2D eigenvalue weighted by atomic mass is 79.9. The summed E-state index contributed by atoms with van der Waals surface area (Å²) in [5.41, 5.74) is 11.2. The molecule has 0 fully saturated rings. The van der Waals surface area contributed by atoms with Gasteiger partial charge in [0.25, 0.3) is 0 Å². The molecular weight excluding hydrogens is 199 g/mol. The lowest BCUT2D eigenvalue weighted by molar-refractivity contribution is 0.632. The van der Waals surface area contributed by atoms with E-state index in [9.17, 15) is 4.39 Å². The Bertz CT molecular complexity index is 235. The molecule has 0 heterocycles. The van der Waals surface area contributed by atoms with Gasteiger partial charge in [-0.3, -0.25) is 0 Å². The maximum atomic E-state index is 12.5. The van der Waals surface area contributed by atoms with E-state index in [1.165, 1.54) is 12.1 Å². The highest BCUT2D eigenvalue weighted by Gasteiger charge is 2.04. The van der Waals surface area contributed by atoms with Crippen LogP contribution in [0.25, 0.3) is 0 Å². The zero-order valence-electron chi connectivity index (χ0n) is 5.07. The Balaban J connectivity index is 3.34. The standard InChI is InChI=1S/C6H6BrFN2/c7-5-4(9)2-1-3(8)6(5)10/h1-2H,9-10H2. The topological polar surface area (TPSA) is 52.0 Å². The number of hydrogen-bond donors (Lipinski definition) is 2. The van der Waals surface area contributed by atoms with Crippen LogP contribution in [-0.2, 0) is 0 Å². The third-order valence-electron chi connectivity index (χ3n) is 1.16. The van der Waals surface area contributed by atoms with Crippen LogP contribution in [0.4, 0.5) is 15.8 Å². The molecule has 0 aliphatic carbocycles. The molecular formula is C6H6BrFN2. The zero-order valence-corrected chi connectivity index (χ0v) is 6.65. The molecule has 54 valence electrons. The lowest BCUT2D eigenvalue weighted by Gasteiger charge is -2.01. The average Bonchev–Trinajstić information content (AvgIpc) is 1.93. The fraction of sp³-hybridized carbons (Fsp3) is 0. The Kier molecular flexibility index (Phi) is 1.80. The quantitative estimate of drug-likeness (QED) is 0.634. The summed E-state index contributed by atoms with van der Waals surface area (Å²) in [6, 6.07) is 2.69. The lowest BCUT2D eigenvalue weighted by atomic mass is 10.3. The summed E-state index contributed by atoms with van der Waals surface area (Å²) in [7, 11) is 0. The molecule has 0 spiro atoms. The van der Waals surface area contributed by atoms with Gasteiger partial charge in [-0.05, 0) is 28.1 Å². The predicted octanol–water partition coefficient (Wildman–Crippen LogP) is 1.75. The van der Waals surface area contributed by atoms with Crippen LogP contribution in [0.15, 0.2) is 16.6 Å². The lowest BCUT2D eigenvalue weighted by Crippen LogP contribution is -1.95. The second-order valence-corrected chi connectivity index (χ2v) is 2.66. The molecule has 0 aliphatic heterocycles. The molecule has 1 aromatic rings. The number of hydrogen-bond acceptors (Lipinski definition) is 2. The Morgan fingerprint density at radius 1 is 1.30 bits per heavy atom. The summed E-state index contributed by atoms with van der Waals surface area (Å²) in [6.45, 7) is 0. The van der Waals surface area contributed by atoms with Crippen molar-refractivity contribution in [2.45, 2.75) is 0 Å². The first-order valence-corrected chi connectivity index (χ1v) is 3.41. The molecule has 0 aromatic heterocycles. The molecule has 4 heteroatoms. The van der Waals surface area contributed by atoms with Crippen molar-refractivity contribution in [3.63, 3.8) is 0 Å². The highest BCUT2D eigenvalue weighted by molar-refractivity contribution is 9.10. The first kappa shape index (κ1) is 7.34. The molecule has 0 saturated carbocycles. The maximum absolute atomic E-state index is 12.5. The Morgan fingerprint density at radius 3 is 2.40 bits per heavy atom. The number of nitrogens with two attached hydrogens (primary N) is 2. The van der Waals surface area contributed by atoms with Crippen molar-refractivity contribution in [2.75, 3.05) is 11.5 Å². The van der Waals surface area contributed by atoms with Gasteiger partial charge in [0.1, 0.15) is 5.82 Å². The number of halogens is 2. The van der Waals surface area contributed by atoms with E-state index in [-0.39, 0.29) is 5.69 Å². The molecule has 10 heavy (non-hydrogen) atoms. The summed E-state index contributed by atoms with van der Waals surface area (Å²) in [5, 5.41) is 0. The largest absolute Gasteiger partial charge is 0.398 e. The van der Waals surface area contributed by atoms with Crippen LogP contribution in [0.3, 0.4) is 0 Å². The number of anilines is 2. The molecule has 0 unspecified atom stereocenters. The summed E-state index contributed by atoms with van der Waals surface area (Å²) < 4.78 is 13.0. The molecule has 0 saturated heterocycles. The number of nitrogen functional groups attached to an aromatic ring is 2. The van der Waals surface area contributed by atoms with Gasteiger partial charge in [-0.2, -0.15) is 0 Å². The Labute approximate surface area is 66.1 Å². The van der Waals surface area contributed by atoms with Crippen LogP contribution in [0, 0.1) is 5.82 Å². The van der Waals surface area contributed by atoms with Crippen molar-refractivity contribution in [3.8, 4) is 0 Å². The van der Waals surface area contributed by atoms with Crippen molar-refractivity contribution in [1.29, 1.82) is 0 Å². The van der Waals surface area contributed by atoms with E-state index in [4.69, 9.17) is 11.5 Å². The van der Waals surface area contributed by atoms with Crippen molar-refractivity contribution >= 4 is 27.3 Å². The first-order valence-electron chi connectivity index (χ1n) is 2.62. The molecule has 1 aromatic carbocycles. The second kappa shape index (κ2) is 2.46. The summed E-state index contributed by atoms with van der Waals surface area (Å²) >= 11 is 3.04. The van der Waals surface area contributed by atoms with Gasteiger partial charge in [0.15, 0.2) is 0 Å². The van der Waals surface area contributed by atoms with E-state index >= 15 is 0 Å². The Hall–Kier alpha value is -0.770. The van der Waals surface area contributed by atoms with Crippen LogP contribution in [0.5, 0.6) is 0 Å². The molecule has 1 rings (SSSR count). The third kappa shape index (κ3) is 1.07. The second-order valence-electron chi connectivity index (χ2n) is 1.86. The van der Waals surface area contributed by atoms with Crippen molar-refractivity contribution in [2.24, 2.45) is 0 Å². The third-order valence-corrected chi connectivity index (χ3v) is 2.04. The van der Waals surface area contributed by atoms with E-state index in [2.05, 4.69) is 15.9 Å². The first-order chi connectivity index (χ1) is 4.63. The van der Waals surface area contributed by atoms with E-state index < -0.39 is 5.82 Å². The highest BCUT2D eigenvalue weighted by Crippen LogP contribution is 2.27. The summed E-state index contributed by atoms with van der Waals surface area (Å²) in [6.07, 6.45) is 0. The van der Waals surface area contributed by atoms with E-state index in [0.717, 1.165) is 0 Å². The van der Waals surface area contributed by atoms with Gasteiger partial charge in [-0.15, -0.1) is 0 Å². The van der Waals surface area contributed by atoms with E-state index in [1.54, 1.807) is 0 Å². The van der Waals surface area contributed by atoms with Crippen LogP contribution >= 0.6 is 15.9 Å². The van der Waals surface area contributed by atoms with Gasteiger partial charge in [0.05, 0.1) is 10.2 Å². The van der Waals surface area contributed by atoms with Gasteiger partial charge < -0.3 is 11.5 Å². The number of rotatable bonds is 0. The normalized spacial score (nSPS) is 9.80. The van der Waals surface area contributed by atoms with Gasteiger partial charge >= 0.3 is 0 Å². The van der Waals surface area contributed by atoms with Crippen LogP contribution < -0.4 is 11.5 Å². The summed E-state index contributed by atoms with van der Waals surface area (Å²) in [4.78, 5) is 0. The van der Waals surface area contributed by atoms with Gasteiger partial charge in [-0.25, -0.2) is 4.39 Å². The van der Waals surface area contributed by atoms with Crippen molar-refractivity contribution in [1.82, 2.24) is 0 Å². The molecule has 0 radical (unpaired) electrons. The Morgan fingerprint density at radius 2 is 1.90 bits per heavy atom. The van der Waals surface area contributed by atoms with Crippen molar-refractivity contribution < 1.29 is 4.39 Å². The zero-order chi connectivity index (χ0) is 7.72. The summed E-state index contributed by atoms with van der Waals surface area (Å²) in [5.74, 6) is -0.457. The molecule has 0 aliphatic rings. The van der Waals surface area contributed by atoms with Crippen LogP contribution in [0.2, 0.25) is 0 Å². The SMILES string of the molecule is Nc1ccc(F)c(N)c1Br. The van der Waals surface area contributed by atoms with Gasteiger partial charge in [-0.1, -0.05) is 0 Å². The van der Waals surface area contributed by atoms with Crippen LogP contribution in [0.1, 0.15) is 0 Å². The van der Waals surface area contributed by atoms with Crippen LogP contribution in [-0.4, -0.2) is 0 Å². The smallest absolute Gasteiger partial charge is 0.147 e. The molecule has 0 amide bonds. The molecule has 0 bridgehead atoms. The molecule has 0 atom stereocenters. The fourth-order valence-electron chi connectivity index (χ4n) is 0.586. The van der Waals surface area contributed by atoms with E-state index in [1.807, 2.05) is 0 Å². The fourth-order valence-corrected chi connectivity index (χ4v) is 0.908. The minimum absolute atomic E-state index is 0.0556. The minimum atomic E-state index is -0.457. The monoisotopic (exact) mass is 204 g/mol. The maximum Gasteiger partial charge on any atom is 0.147 e. The number of benzene rings is 1. The minimum Gasteiger partial charge on any atom is -0.398 e. The van der Waals surface area contributed by atoms with E-state index in [0.29, 0.717) is 10.2 Å². The van der Waals surface area contributed by atoms with Gasteiger partial charge in [0, 0.05) is 5.69 Å². The van der Waals surface area contributed by atoms with Gasteiger partial charge in [0.2, 0.25) is 0 Å². The predicted molar refractivity (Wildman–Crippen MR) is 42.9 cm³/mol. The van der Waals surface area contributed by atoms with Crippen molar-refractivity contribution in [3.05, 3.63) is 22.4 Å². The average molecular weight is 205 g/mol.